The van der Waals surface area contributed by atoms with E-state index in [0.717, 1.165) is 5.69 Å². The number of anilines is 1. The molecule has 0 saturated carbocycles. The molecule has 0 heterocycles. The van der Waals surface area contributed by atoms with Gasteiger partial charge in [0.05, 0.1) is 6.10 Å². The number of aliphatic hydroxyl groups excluding tert-OH is 1. The van der Waals surface area contributed by atoms with Crippen molar-refractivity contribution in [2.45, 2.75) is 6.10 Å². The van der Waals surface area contributed by atoms with E-state index in [0.29, 0.717) is 6.54 Å². The molecule has 2 rings (SSSR count). The van der Waals surface area contributed by atoms with Crippen molar-refractivity contribution in [3.05, 3.63) is 42.5 Å². The quantitative estimate of drug-likeness (QED) is 0.727. The normalized spacial score (nSPS) is 12.6. The third-order valence-corrected chi connectivity index (χ3v) is 2.56. The zero-order chi connectivity index (χ0) is 11.4. The van der Waals surface area contributed by atoms with Crippen LogP contribution in [0.25, 0.3) is 10.8 Å². The number of hydrogen-bond donors (Lipinski definition) is 3. The van der Waals surface area contributed by atoms with Crippen molar-refractivity contribution in [1.29, 1.82) is 0 Å². The van der Waals surface area contributed by atoms with Gasteiger partial charge < -0.3 is 16.2 Å². The molecule has 0 saturated heterocycles. The number of hydrogen-bond acceptors (Lipinski definition) is 3. The van der Waals surface area contributed by atoms with Crippen molar-refractivity contribution in [2.75, 3.05) is 18.4 Å². The van der Waals surface area contributed by atoms with E-state index in [1.807, 2.05) is 18.2 Å². The topological polar surface area (TPSA) is 58.3 Å². The standard InChI is InChI=1S/C13H16N2O/c14-8-13(16)9-15-12-6-5-10-3-1-2-4-11(10)7-12/h1-7,13,15-16H,8-9,14H2/t13-/m0/s1. The first-order valence-electron chi connectivity index (χ1n) is 5.40. The fraction of sp³-hybridized carbons (Fsp3) is 0.231. The lowest BCUT2D eigenvalue weighted by Crippen LogP contribution is -2.27. The molecule has 2 aromatic rings. The number of aliphatic hydroxyl groups is 1. The summed E-state index contributed by atoms with van der Waals surface area (Å²) >= 11 is 0. The summed E-state index contributed by atoms with van der Waals surface area (Å²) in [6, 6.07) is 14.3. The smallest absolute Gasteiger partial charge is 0.0834 e. The highest BCUT2D eigenvalue weighted by Crippen LogP contribution is 2.18. The summed E-state index contributed by atoms with van der Waals surface area (Å²) in [6.07, 6.45) is -0.494. The molecule has 0 fully saturated rings. The van der Waals surface area contributed by atoms with Crippen molar-refractivity contribution in [1.82, 2.24) is 0 Å². The van der Waals surface area contributed by atoms with Crippen LogP contribution in [0.2, 0.25) is 0 Å². The third-order valence-electron chi connectivity index (χ3n) is 2.56. The van der Waals surface area contributed by atoms with E-state index >= 15 is 0 Å². The van der Waals surface area contributed by atoms with E-state index in [1.165, 1.54) is 10.8 Å². The fourth-order valence-corrected chi connectivity index (χ4v) is 1.62. The molecule has 0 aromatic heterocycles. The highest BCUT2D eigenvalue weighted by atomic mass is 16.3. The molecule has 0 amide bonds. The molecule has 0 aliphatic carbocycles. The Hall–Kier alpha value is -1.58. The van der Waals surface area contributed by atoms with Gasteiger partial charge >= 0.3 is 0 Å². The number of nitrogens with one attached hydrogen (secondary N) is 1. The Morgan fingerprint density at radius 2 is 1.88 bits per heavy atom. The van der Waals surface area contributed by atoms with E-state index in [1.54, 1.807) is 0 Å². The largest absolute Gasteiger partial charge is 0.390 e. The second-order valence-electron chi connectivity index (χ2n) is 3.83. The predicted molar refractivity (Wildman–Crippen MR) is 67.5 cm³/mol. The summed E-state index contributed by atoms with van der Waals surface area (Å²) in [6.45, 7) is 0.759. The molecule has 0 unspecified atom stereocenters. The molecule has 16 heavy (non-hydrogen) atoms. The minimum absolute atomic E-state index is 0.278. The second kappa shape index (κ2) is 4.96. The van der Waals surface area contributed by atoms with Gasteiger partial charge in [0.2, 0.25) is 0 Å². The summed E-state index contributed by atoms with van der Waals surface area (Å²) in [5, 5.41) is 14.9. The van der Waals surface area contributed by atoms with Crippen molar-refractivity contribution in [3.8, 4) is 0 Å². The lowest BCUT2D eigenvalue weighted by molar-refractivity contribution is 0.196. The molecule has 3 nitrogen and oxygen atoms in total. The molecule has 4 N–H and O–H groups in total. The van der Waals surface area contributed by atoms with E-state index < -0.39 is 6.10 Å². The van der Waals surface area contributed by atoms with Gasteiger partial charge in [0.25, 0.3) is 0 Å². The Labute approximate surface area is 94.9 Å². The molecular formula is C13H16N2O. The number of nitrogens with two attached hydrogens (primary N) is 1. The molecule has 0 bridgehead atoms. The Morgan fingerprint density at radius 1 is 1.12 bits per heavy atom. The molecular weight excluding hydrogens is 200 g/mol. The van der Waals surface area contributed by atoms with E-state index in [2.05, 4.69) is 29.6 Å². The van der Waals surface area contributed by atoms with Crippen molar-refractivity contribution in [2.24, 2.45) is 5.73 Å². The van der Waals surface area contributed by atoms with Gasteiger partial charge in [0.15, 0.2) is 0 Å². The molecule has 3 heteroatoms. The van der Waals surface area contributed by atoms with Crippen molar-refractivity contribution in [3.63, 3.8) is 0 Å². The Morgan fingerprint density at radius 3 is 2.62 bits per heavy atom. The first-order chi connectivity index (χ1) is 7.79. The summed E-state index contributed by atoms with van der Waals surface area (Å²) in [5.74, 6) is 0. The van der Waals surface area contributed by atoms with E-state index in [-0.39, 0.29) is 6.54 Å². The molecule has 2 aromatic carbocycles. The van der Waals surface area contributed by atoms with Crippen LogP contribution in [-0.4, -0.2) is 24.3 Å². The Kier molecular flexibility index (Phi) is 3.39. The fourth-order valence-electron chi connectivity index (χ4n) is 1.62. The van der Waals surface area contributed by atoms with Crippen LogP contribution in [0, 0.1) is 0 Å². The van der Waals surface area contributed by atoms with Crippen molar-refractivity contribution >= 4 is 16.5 Å². The molecule has 1 atom stereocenters. The molecule has 0 aliphatic rings. The monoisotopic (exact) mass is 216 g/mol. The van der Waals surface area contributed by atoms with Crippen LogP contribution in [0.3, 0.4) is 0 Å². The first kappa shape index (κ1) is 10.9. The maximum absolute atomic E-state index is 9.35. The van der Waals surface area contributed by atoms with Crippen molar-refractivity contribution < 1.29 is 5.11 Å². The van der Waals surface area contributed by atoms with Gasteiger partial charge in [-0.05, 0) is 22.9 Å². The summed E-state index contributed by atoms with van der Waals surface area (Å²) in [5.41, 5.74) is 6.34. The molecule has 0 spiro atoms. The van der Waals surface area contributed by atoms with Crippen LogP contribution in [0.1, 0.15) is 0 Å². The van der Waals surface area contributed by atoms with Crippen LogP contribution in [-0.2, 0) is 0 Å². The summed E-state index contributed by atoms with van der Waals surface area (Å²) in [4.78, 5) is 0. The predicted octanol–water partition coefficient (Wildman–Crippen LogP) is 1.57. The van der Waals surface area contributed by atoms with Crippen LogP contribution in [0.4, 0.5) is 5.69 Å². The van der Waals surface area contributed by atoms with E-state index in [9.17, 15) is 5.11 Å². The summed E-state index contributed by atoms with van der Waals surface area (Å²) < 4.78 is 0. The molecule has 0 aliphatic heterocycles. The maximum atomic E-state index is 9.35. The average molecular weight is 216 g/mol. The van der Waals surface area contributed by atoms with Gasteiger partial charge in [0.1, 0.15) is 0 Å². The Balaban J connectivity index is 2.13. The van der Waals surface area contributed by atoms with Gasteiger partial charge in [-0.2, -0.15) is 0 Å². The molecule has 84 valence electrons. The lowest BCUT2D eigenvalue weighted by Gasteiger charge is -2.11. The van der Waals surface area contributed by atoms with Gasteiger partial charge in [-0.3, -0.25) is 0 Å². The zero-order valence-electron chi connectivity index (χ0n) is 9.06. The third kappa shape index (κ3) is 2.51. The maximum Gasteiger partial charge on any atom is 0.0834 e. The van der Waals surface area contributed by atoms with Gasteiger partial charge in [-0.25, -0.2) is 0 Å². The SMILES string of the molecule is NC[C@H](O)CNc1ccc2ccccc2c1. The first-order valence-corrected chi connectivity index (χ1v) is 5.40. The average Bonchev–Trinajstić information content (AvgIpc) is 2.35. The highest BCUT2D eigenvalue weighted by molar-refractivity contribution is 5.85. The van der Waals surface area contributed by atoms with E-state index in [4.69, 9.17) is 5.73 Å². The van der Waals surface area contributed by atoms with Crippen LogP contribution in [0.5, 0.6) is 0 Å². The molecule has 0 radical (unpaired) electrons. The van der Waals surface area contributed by atoms with Gasteiger partial charge in [-0.1, -0.05) is 30.3 Å². The highest BCUT2D eigenvalue weighted by Gasteiger charge is 2.00. The number of benzene rings is 2. The number of fused-ring (bicyclic) bond motifs is 1. The minimum Gasteiger partial charge on any atom is -0.390 e. The van der Waals surface area contributed by atoms with Gasteiger partial charge in [0, 0.05) is 18.8 Å². The lowest BCUT2D eigenvalue weighted by atomic mass is 10.1. The Bertz CT molecular complexity index is 470. The number of rotatable bonds is 4. The zero-order valence-corrected chi connectivity index (χ0v) is 9.06. The van der Waals surface area contributed by atoms with Crippen LogP contribution < -0.4 is 11.1 Å². The van der Waals surface area contributed by atoms with Gasteiger partial charge in [-0.15, -0.1) is 0 Å². The van der Waals surface area contributed by atoms with Crippen LogP contribution in [0.15, 0.2) is 42.5 Å². The summed E-state index contributed by atoms with van der Waals surface area (Å²) in [7, 11) is 0. The minimum atomic E-state index is -0.494. The second-order valence-corrected chi connectivity index (χ2v) is 3.83. The van der Waals surface area contributed by atoms with Crippen LogP contribution >= 0.6 is 0 Å².